The van der Waals surface area contributed by atoms with Crippen molar-refractivity contribution in [3.05, 3.63) is 60.7 Å². The number of rotatable bonds is 1. The Labute approximate surface area is 98.8 Å². The van der Waals surface area contributed by atoms with Gasteiger partial charge >= 0.3 is 11.3 Å². The van der Waals surface area contributed by atoms with Crippen molar-refractivity contribution in [2.75, 3.05) is 0 Å². The molecule has 1 N–H and O–H groups in total. The minimum absolute atomic E-state index is 0.250. The quantitative estimate of drug-likeness (QED) is 0.630. The number of phenols is 1. The summed E-state index contributed by atoms with van der Waals surface area (Å²) in [6.45, 7) is 0. The van der Waals surface area contributed by atoms with Crippen molar-refractivity contribution in [1.82, 2.24) is 0 Å². The molecule has 2 nitrogen and oxygen atoms in total. The number of aromatic hydroxyl groups is 1. The second-order valence-electron chi connectivity index (χ2n) is 3.89. The summed E-state index contributed by atoms with van der Waals surface area (Å²) >= 11 is 0. The number of benzene rings is 2. The van der Waals surface area contributed by atoms with Crippen LogP contribution < -0.4 is 0 Å². The van der Waals surface area contributed by atoms with Crippen LogP contribution >= 0.6 is 0 Å². The highest BCUT2D eigenvalue weighted by molar-refractivity contribution is 5.80. The molecule has 0 radical (unpaired) electrons. The third-order valence-electron chi connectivity index (χ3n) is 2.69. The third-order valence-corrected chi connectivity index (χ3v) is 2.69. The summed E-state index contributed by atoms with van der Waals surface area (Å²) in [6, 6.07) is 18.9. The van der Waals surface area contributed by atoms with Gasteiger partial charge in [-0.25, -0.2) is 4.42 Å². The zero-order valence-corrected chi connectivity index (χ0v) is 9.13. The molecule has 0 spiro atoms. The van der Waals surface area contributed by atoms with Crippen molar-refractivity contribution < 1.29 is 9.52 Å². The Balaban J connectivity index is 2.17. The normalized spacial score (nSPS) is 10.6. The molecule has 1 aromatic heterocycles. The molecule has 0 saturated heterocycles. The molecule has 0 atom stereocenters. The molecule has 0 aliphatic carbocycles. The predicted octanol–water partition coefficient (Wildman–Crippen LogP) is 4.09. The van der Waals surface area contributed by atoms with E-state index in [1.165, 1.54) is 0 Å². The van der Waals surface area contributed by atoms with E-state index in [1.807, 2.05) is 42.5 Å². The average Bonchev–Trinajstić information content (AvgIpc) is 2.39. The summed E-state index contributed by atoms with van der Waals surface area (Å²) in [5, 5.41) is 10.3. The first-order chi connectivity index (χ1) is 8.33. The van der Waals surface area contributed by atoms with Gasteiger partial charge in [-0.05, 0) is 30.3 Å². The van der Waals surface area contributed by atoms with Crippen LogP contribution in [0, 0.1) is 0 Å². The molecule has 0 saturated carbocycles. The van der Waals surface area contributed by atoms with Crippen LogP contribution in [0.25, 0.3) is 22.3 Å². The topological polar surface area (TPSA) is 31.5 Å². The van der Waals surface area contributed by atoms with Gasteiger partial charge in [0.2, 0.25) is 0 Å². The van der Waals surface area contributed by atoms with Gasteiger partial charge in [0.1, 0.15) is 5.75 Å². The maximum atomic E-state index is 9.37. The van der Waals surface area contributed by atoms with E-state index >= 15 is 0 Å². The van der Waals surface area contributed by atoms with Crippen LogP contribution in [0.4, 0.5) is 0 Å². The molecule has 0 fully saturated rings. The second-order valence-corrected chi connectivity index (χ2v) is 3.89. The highest BCUT2D eigenvalue weighted by Gasteiger charge is 2.13. The van der Waals surface area contributed by atoms with Crippen molar-refractivity contribution in [3.8, 4) is 17.1 Å². The standard InChI is InChI=1S/C15H10O2/c16-13-7-9-15-12(10-13)6-8-14(17-15)11-4-2-1-3-5-11/h1-10H/p+1. The molecule has 1 heterocycles. The van der Waals surface area contributed by atoms with Crippen LogP contribution in [0.5, 0.6) is 5.75 Å². The van der Waals surface area contributed by atoms with Crippen molar-refractivity contribution in [1.29, 1.82) is 0 Å². The van der Waals surface area contributed by atoms with Gasteiger partial charge < -0.3 is 5.11 Å². The smallest absolute Gasteiger partial charge is 0.361 e. The predicted molar refractivity (Wildman–Crippen MR) is 67.7 cm³/mol. The van der Waals surface area contributed by atoms with Crippen LogP contribution in [0.2, 0.25) is 0 Å². The Morgan fingerprint density at radius 2 is 1.65 bits per heavy atom. The maximum Gasteiger partial charge on any atom is 0.361 e. The van der Waals surface area contributed by atoms with Crippen LogP contribution in [0.15, 0.2) is 65.1 Å². The molecule has 0 bridgehead atoms. The van der Waals surface area contributed by atoms with E-state index < -0.39 is 0 Å². The Hall–Kier alpha value is -2.35. The molecule has 2 heteroatoms. The van der Waals surface area contributed by atoms with Gasteiger partial charge in [0.15, 0.2) is 0 Å². The summed E-state index contributed by atoms with van der Waals surface area (Å²) in [4.78, 5) is 0. The molecule has 3 aromatic rings. The fourth-order valence-corrected chi connectivity index (χ4v) is 1.83. The molecule has 17 heavy (non-hydrogen) atoms. The van der Waals surface area contributed by atoms with Crippen molar-refractivity contribution in [2.45, 2.75) is 0 Å². The zero-order chi connectivity index (χ0) is 11.7. The van der Waals surface area contributed by atoms with E-state index in [9.17, 15) is 5.11 Å². The van der Waals surface area contributed by atoms with Gasteiger partial charge in [-0.2, -0.15) is 0 Å². The molecule has 3 rings (SSSR count). The highest BCUT2D eigenvalue weighted by Crippen LogP contribution is 2.26. The van der Waals surface area contributed by atoms with Crippen LogP contribution in [-0.2, 0) is 0 Å². The Bertz CT molecular complexity index is 660. The number of phenolic OH excluding ortho intramolecular Hbond substituents is 1. The molecule has 0 aliphatic heterocycles. The Morgan fingerprint density at radius 3 is 2.47 bits per heavy atom. The molecule has 82 valence electrons. The van der Waals surface area contributed by atoms with E-state index in [2.05, 4.69) is 0 Å². The summed E-state index contributed by atoms with van der Waals surface area (Å²) in [7, 11) is 0. The lowest BCUT2D eigenvalue weighted by molar-refractivity contribution is 0.475. The lowest BCUT2D eigenvalue weighted by atomic mass is 10.1. The van der Waals surface area contributed by atoms with Gasteiger partial charge in [-0.15, -0.1) is 0 Å². The molecule has 0 unspecified atom stereocenters. The number of fused-ring (bicyclic) bond motifs is 1. The lowest BCUT2D eigenvalue weighted by Crippen LogP contribution is -1.78. The van der Waals surface area contributed by atoms with Gasteiger partial charge in [0.05, 0.1) is 10.9 Å². The van der Waals surface area contributed by atoms with E-state index in [0.717, 1.165) is 22.3 Å². The fraction of sp³-hybridized carbons (Fsp3) is 0. The molecule has 0 aliphatic rings. The maximum absolute atomic E-state index is 9.37. The summed E-state index contributed by atoms with van der Waals surface area (Å²) in [6.07, 6.45) is 0. The summed E-state index contributed by atoms with van der Waals surface area (Å²) in [5.74, 6) is 1.07. The van der Waals surface area contributed by atoms with E-state index in [1.54, 1.807) is 18.2 Å². The molecule has 0 amide bonds. The summed E-state index contributed by atoms with van der Waals surface area (Å²) < 4.78 is 5.79. The van der Waals surface area contributed by atoms with Crippen molar-refractivity contribution in [2.24, 2.45) is 0 Å². The van der Waals surface area contributed by atoms with Crippen molar-refractivity contribution in [3.63, 3.8) is 0 Å². The van der Waals surface area contributed by atoms with Crippen molar-refractivity contribution >= 4 is 11.0 Å². The summed E-state index contributed by atoms with van der Waals surface area (Å²) in [5.41, 5.74) is 1.81. The van der Waals surface area contributed by atoms with Gasteiger partial charge in [-0.3, -0.25) is 0 Å². The molecular formula is C15H11O2+. The van der Waals surface area contributed by atoms with E-state index in [-0.39, 0.29) is 5.75 Å². The van der Waals surface area contributed by atoms with Crippen LogP contribution in [-0.4, -0.2) is 5.11 Å². The van der Waals surface area contributed by atoms with E-state index in [0.29, 0.717) is 0 Å². The van der Waals surface area contributed by atoms with E-state index in [4.69, 9.17) is 4.42 Å². The Morgan fingerprint density at radius 1 is 0.824 bits per heavy atom. The first-order valence-corrected chi connectivity index (χ1v) is 5.44. The first kappa shape index (κ1) is 9.85. The Kier molecular flexibility index (Phi) is 2.26. The molecular weight excluding hydrogens is 212 g/mol. The van der Waals surface area contributed by atoms with Gasteiger partial charge in [0, 0.05) is 12.1 Å². The van der Waals surface area contributed by atoms with Crippen LogP contribution in [0.1, 0.15) is 0 Å². The third kappa shape index (κ3) is 1.85. The number of hydrogen-bond acceptors (Lipinski definition) is 1. The zero-order valence-electron chi connectivity index (χ0n) is 9.13. The minimum Gasteiger partial charge on any atom is -0.508 e. The highest BCUT2D eigenvalue weighted by atomic mass is 16.3. The SMILES string of the molecule is Oc1ccc2[o+]c(-c3ccccc3)ccc2c1. The molecule has 2 aromatic carbocycles. The van der Waals surface area contributed by atoms with Gasteiger partial charge in [-0.1, -0.05) is 18.2 Å². The second kappa shape index (κ2) is 3.91. The average molecular weight is 223 g/mol. The minimum atomic E-state index is 0.250. The number of hydrogen-bond donors (Lipinski definition) is 1. The first-order valence-electron chi connectivity index (χ1n) is 5.44. The lowest BCUT2D eigenvalue weighted by Gasteiger charge is -1.93. The fourth-order valence-electron chi connectivity index (χ4n) is 1.83. The van der Waals surface area contributed by atoms with Gasteiger partial charge in [0.25, 0.3) is 0 Å². The monoisotopic (exact) mass is 223 g/mol. The van der Waals surface area contributed by atoms with Crippen LogP contribution in [0.3, 0.4) is 0 Å². The largest absolute Gasteiger partial charge is 0.508 e.